The summed E-state index contributed by atoms with van der Waals surface area (Å²) in [7, 11) is 0. The summed E-state index contributed by atoms with van der Waals surface area (Å²) in [5.41, 5.74) is 2.03. The van der Waals surface area contributed by atoms with Gasteiger partial charge in [-0.3, -0.25) is 4.79 Å². The Morgan fingerprint density at radius 2 is 1.80 bits per heavy atom. The third-order valence-corrected chi connectivity index (χ3v) is 7.28. The second kappa shape index (κ2) is 8.31. The Labute approximate surface area is 182 Å². The maximum absolute atomic E-state index is 13.6. The second-order valence-electron chi connectivity index (χ2n) is 9.16. The van der Waals surface area contributed by atoms with Crippen LogP contribution >= 0.6 is 11.6 Å². The monoisotopic (exact) mass is 428 g/mol. The number of benzene rings is 1. The SMILES string of the molecule is O=C(C1CCCCC1)N1C[C@H](n2cc(C3CC3)nn2)[C@H](O)C[C@@H]1c1ccc(Cl)cc1. The maximum Gasteiger partial charge on any atom is 0.226 e. The zero-order chi connectivity index (χ0) is 20.7. The Hall–Kier alpha value is -1.92. The van der Waals surface area contributed by atoms with Crippen LogP contribution in [0.15, 0.2) is 30.5 Å². The zero-order valence-electron chi connectivity index (χ0n) is 17.2. The van der Waals surface area contributed by atoms with Crippen molar-refractivity contribution in [2.75, 3.05) is 6.54 Å². The number of rotatable bonds is 4. The van der Waals surface area contributed by atoms with Gasteiger partial charge in [-0.1, -0.05) is 48.2 Å². The van der Waals surface area contributed by atoms with E-state index in [1.54, 1.807) is 4.68 Å². The number of halogens is 1. The van der Waals surface area contributed by atoms with E-state index >= 15 is 0 Å². The average molecular weight is 429 g/mol. The van der Waals surface area contributed by atoms with E-state index in [0.29, 0.717) is 23.9 Å². The van der Waals surface area contributed by atoms with Crippen LogP contribution in [0.2, 0.25) is 5.02 Å². The number of aliphatic hydroxyl groups excluding tert-OH is 1. The van der Waals surface area contributed by atoms with Crippen molar-refractivity contribution in [2.24, 2.45) is 5.92 Å². The summed E-state index contributed by atoms with van der Waals surface area (Å²) in [6.45, 7) is 0.456. The first-order chi connectivity index (χ1) is 14.6. The third kappa shape index (κ3) is 4.00. The summed E-state index contributed by atoms with van der Waals surface area (Å²) in [6.07, 6.45) is 9.58. The van der Waals surface area contributed by atoms with Gasteiger partial charge in [-0.15, -0.1) is 5.10 Å². The smallest absolute Gasteiger partial charge is 0.226 e. The van der Waals surface area contributed by atoms with E-state index < -0.39 is 6.10 Å². The first kappa shape index (κ1) is 20.0. The summed E-state index contributed by atoms with van der Waals surface area (Å²) in [4.78, 5) is 15.6. The van der Waals surface area contributed by atoms with Crippen LogP contribution in [0.1, 0.15) is 80.6 Å². The molecule has 2 aliphatic carbocycles. The number of nitrogens with zero attached hydrogens (tertiary/aromatic N) is 4. The lowest BCUT2D eigenvalue weighted by Gasteiger charge is -2.44. The second-order valence-corrected chi connectivity index (χ2v) is 9.60. The summed E-state index contributed by atoms with van der Waals surface area (Å²) < 4.78 is 1.79. The van der Waals surface area contributed by atoms with E-state index in [-0.39, 0.29) is 23.9 Å². The highest BCUT2D eigenvalue weighted by molar-refractivity contribution is 6.30. The lowest BCUT2D eigenvalue weighted by Crippen LogP contribution is -2.50. The molecule has 3 atom stereocenters. The molecule has 0 bridgehead atoms. The van der Waals surface area contributed by atoms with Crippen LogP contribution in [-0.2, 0) is 4.79 Å². The van der Waals surface area contributed by atoms with Crippen LogP contribution in [0.25, 0.3) is 0 Å². The number of aliphatic hydroxyl groups is 1. The fourth-order valence-corrected chi connectivity index (χ4v) is 5.20. The first-order valence-electron chi connectivity index (χ1n) is 11.3. The molecule has 2 heterocycles. The minimum Gasteiger partial charge on any atom is -0.391 e. The molecule has 0 radical (unpaired) electrons. The molecule has 1 N–H and O–H groups in total. The average Bonchev–Trinajstić information content (AvgIpc) is 3.51. The van der Waals surface area contributed by atoms with E-state index in [1.807, 2.05) is 35.4 Å². The molecule has 6 nitrogen and oxygen atoms in total. The Kier molecular flexibility index (Phi) is 5.54. The molecule has 2 aromatic rings. The quantitative estimate of drug-likeness (QED) is 0.789. The van der Waals surface area contributed by atoms with Crippen molar-refractivity contribution < 1.29 is 9.90 Å². The summed E-state index contributed by atoms with van der Waals surface area (Å²) in [6, 6.07) is 7.26. The van der Waals surface area contributed by atoms with Gasteiger partial charge in [0.15, 0.2) is 0 Å². The van der Waals surface area contributed by atoms with Crippen molar-refractivity contribution in [1.82, 2.24) is 19.9 Å². The number of amides is 1. The molecule has 7 heteroatoms. The lowest BCUT2D eigenvalue weighted by atomic mass is 9.85. The maximum atomic E-state index is 13.6. The number of aromatic nitrogens is 3. The van der Waals surface area contributed by atoms with Crippen molar-refractivity contribution in [3.05, 3.63) is 46.7 Å². The van der Waals surface area contributed by atoms with Crippen LogP contribution in [0, 0.1) is 5.92 Å². The molecular weight excluding hydrogens is 400 g/mol. The molecule has 1 saturated heterocycles. The van der Waals surface area contributed by atoms with E-state index in [1.165, 1.54) is 6.42 Å². The van der Waals surface area contributed by atoms with Crippen molar-refractivity contribution in [3.8, 4) is 0 Å². The molecule has 2 saturated carbocycles. The highest BCUT2D eigenvalue weighted by atomic mass is 35.5. The summed E-state index contributed by atoms with van der Waals surface area (Å²) in [5.74, 6) is 0.817. The molecule has 3 aliphatic rings. The minimum absolute atomic E-state index is 0.0854. The number of carbonyl (C=O) groups excluding carboxylic acids is 1. The van der Waals surface area contributed by atoms with Crippen molar-refractivity contribution >= 4 is 17.5 Å². The van der Waals surface area contributed by atoms with Gasteiger partial charge >= 0.3 is 0 Å². The summed E-state index contributed by atoms with van der Waals surface area (Å²) in [5, 5.41) is 20.3. The minimum atomic E-state index is -0.588. The Morgan fingerprint density at radius 3 is 2.50 bits per heavy atom. The molecule has 1 amide bonds. The van der Waals surface area contributed by atoms with Gasteiger partial charge in [0.25, 0.3) is 0 Å². The first-order valence-corrected chi connectivity index (χ1v) is 11.6. The van der Waals surface area contributed by atoms with Gasteiger partial charge in [-0.25, -0.2) is 4.68 Å². The molecule has 30 heavy (non-hydrogen) atoms. The fraction of sp³-hybridized carbons (Fsp3) is 0.609. The third-order valence-electron chi connectivity index (χ3n) is 7.02. The van der Waals surface area contributed by atoms with E-state index in [9.17, 15) is 9.90 Å². The van der Waals surface area contributed by atoms with E-state index in [4.69, 9.17) is 11.6 Å². The number of carbonyl (C=O) groups is 1. The van der Waals surface area contributed by atoms with Crippen LogP contribution < -0.4 is 0 Å². The number of likely N-dealkylation sites (tertiary alicyclic amines) is 1. The van der Waals surface area contributed by atoms with Crippen LogP contribution in [0.4, 0.5) is 0 Å². The van der Waals surface area contributed by atoms with Crippen LogP contribution in [0.5, 0.6) is 0 Å². The zero-order valence-corrected chi connectivity index (χ0v) is 17.9. The standard InChI is InChI=1S/C23H29ClN4O2/c24-18-10-8-16(9-11-18)20-12-22(29)21(28-13-19(25-26-28)15-6-7-15)14-27(20)23(30)17-4-2-1-3-5-17/h8-11,13,15,17,20-22,29H,1-7,12,14H2/t20-,21+,22-/m1/s1. The van der Waals surface area contributed by atoms with Gasteiger partial charge in [0, 0.05) is 36.0 Å². The van der Waals surface area contributed by atoms with Crippen LogP contribution in [0.3, 0.4) is 0 Å². The van der Waals surface area contributed by atoms with Gasteiger partial charge < -0.3 is 10.0 Å². The van der Waals surface area contributed by atoms with Crippen LogP contribution in [-0.4, -0.2) is 43.6 Å². The largest absolute Gasteiger partial charge is 0.391 e. The molecular formula is C23H29ClN4O2. The van der Waals surface area contributed by atoms with Gasteiger partial charge in [0.2, 0.25) is 5.91 Å². The number of piperidine rings is 1. The molecule has 1 aromatic heterocycles. The molecule has 0 spiro atoms. The molecule has 3 fully saturated rings. The highest BCUT2D eigenvalue weighted by Crippen LogP contribution is 2.41. The van der Waals surface area contributed by atoms with Crippen molar-refractivity contribution in [2.45, 2.75) is 75.5 Å². The highest BCUT2D eigenvalue weighted by Gasteiger charge is 2.41. The number of hydrogen-bond donors (Lipinski definition) is 1. The topological polar surface area (TPSA) is 71.2 Å². The van der Waals surface area contributed by atoms with Gasteiger partial charge in [-0.2, -0.15) is 0 Å². The molecule has 5 rings (SSSR count). The van der Waals surface area contributed by atoms with Gasteiger partial charge in [0.05, 0.1) is 23.9 Å². The van der Waals surface area contributed by atoms with Gasteiger partial charge in [-0.05, 0) is 43.4 Å². The molecule has 160 valence electrons. The lowest BCUT2D eigenvalue weighted by molar-refractivity contribution is -0.144. The fourth-order valence-electron chi connectivity index (χ4n) is 5.07. The Balaban J connectivity index is 1.43. The Bertz CT molecular complexity index is 889. The van der Waals surface area contributed by atoms with Crippen molar-refractivity contribution in [1.29, 1.82) is 0 Å². The van der Waals surface area contributed by atoms with E-state index in [2.05, 4.69) is 10.3 Å². The van der Waals surface area contributed by atoms with E-state index in [0.717, 1.165) is 49.8 Å². The Morgan fingerprint density at radius 1 is 1.07 bits per heavy atom. The number of hydrogen-bond acceptors (Lipinski definition) is 4. The molecule has 0 unspecified atom stereocenters. The summed E-state index contributed by atoms with van der Waals surface area (Å²) >= 11 is 6.09. The predicted octanol–water partition coefficient (Wildman–Crippen LogP) is 4.26. The molecule has 1 aliphatic heterocycles. The van der Waals surface area contributed by atoms with Gasteiger partial charge in [0.1, 0.15) is 0 Å². The normalized spacial score (nSPS) is 27.9. The van der Waals surface area contributed by atoms with Crippen molar-refractivity contribution in [3.63, 3.8) is 0 Å². The predicted molar refractivity (Wildman–Crippen MR) is 114 cm³/mol. The molecule has 1 aromatic carbocycles.